The van der Waals surface area contributed by atoms with E-state index in [2.05, 4.69) is 5.32 Å². The molecule has 11 heteroatoms. The van der Waals surface area contributed by atoms with Crippen LogP contribution in [0.1, 0.15) is 24.8 Å². The van der Waals surface area contributed by atoms with Crippen molar-refractivity contribution in [3.63, 3.8) is 0 Å². The molecule has 9 nitrogen and oxygen atoms in total. The molecule has 0 atom stereocenters. The first-order valence-electron chi connectivity index (χ1n) is 10.6. The lowest BCUT2D eigenvalue weighted by Gasteiger charge is -2.25. The van der Waals surface area contributed by atoms with Gasteiger partial charge in [0, 0.05) is 26.7 Å². The molecule has 1 fully saturated rings. The molecule has 180 valence electrons. The number of ether oxygens (including phenoxy) is 1. The average Bonchev–Trinajstić information content (AvgIpc) is 2.83. The second-order valence-electron chi connectivity index (χ2n) is 7.82. The van der Waals surface area contributed by atoms with E-state index in [9.17, 15) is 21.6 Å². The Morgan fingerprint density at radius 3 is 2.09 bits per heavy atom. The van der Waals surface area contributed by atoms with Gasteiger partial charge in [0.05, 0.1) is 23.4 Å². The summed E-state index contributed by atoms with van der Waals surface area (Å²) in [5.41, 5.74) is 0.710. The highest BCUT2D eigenvalue weighted by Crippen LogP contribution is 2.21. The van der Waals surface area contributed by atoms with Gasteiger partial charge in [-0.05, 0) is 54.8 Å². The Bertz CT molecular complexity index is 1160. The van der Waals surface area contributed by atoms with E-state index in [0.717, 1.165) is 23.6 Å². The zero-order chi connectivity index (χ0) is 24.1. The van der Waals surface area contributed by atoms with Gasteiger partial charge < -0.3 is 10.1 Å². The van der Waals surface area contributed by atoms with Crippen LogP contribution in [-0.4, -0.2) is 65.1 Å². The Kier molecular flexibility index (Phi) is 8.11. The molecular weight excluding hydrogens is 466 g/mol. The third-order valence-electron chi connectivity index (χ3n) is 5.50. The summed E-state index contributed by atoms with van der Waals surface area (Å²) in [6.07, 6.45) is 2.78. The smallest absolute Gasteiger partial charge is 0.243 e. The second-order valence-corrected chi connectivity index (χ2v) is 11.8. The maximum Gasteiger partial charge on any atom is 0.243 e. The van der Waals surface area contributed by atoms with Gasteiger partial charge in [0.2, 0.25) is 26.0 Å². The summed E-state index contributed by atoms with van der Waals surface area (Å²) in [5, 5.41) is 2.67. The maximum absolute atomic E-state index is 12.7. The summed E-state index contributed by atoms with van der Waals surface area (Å²) >= 11 is 0. The van der Waals surface area contributed by atoms with Gasteiger partial charge >= 0.3 is 0 Å². The van der Waals surface area contributed by atoms with Gasteiger partial charge in [0.25, 0.3) is 0 Å². The number of amides is 1. The first-order chi connectivity index (χ1) is 15.6. The lowest BCUT2D eigenvalue weighted by atomic mass is 10.2. The second kappa shape index (κ2) is 10.6. The normalized spacial score (nSPS) is 15.4. The minimum Gasteiger partial charge on any atom is -0.497 e. The number of nitrogens with zero attached hydrogens (tertiary/aromatic N) is 2. The van der Waals surface area contributed by atoms with Gasteiger partial charge in [-0.25, -0.2) is 16.8 Å². The molecule has 2 aromatic rings. The van der Waals surface area contributed by atoms with Gasteiger partial charge in [-0.2, -0.15) is 8.61 Å². The van der Waals surface area contributed by atoms with E-state index in [1.165, 1.54) is 54.9 Å². The number of benzene rings is 2. The monoisotopic (exact) mass is 495 g/mol. The lowest BCUT2D eigenvalue weighted by molar-refractivity contribution is -0.121. The number of piperidine rings is 1. The van der Waals surface area contributed by atoms with E-state index in [0.29, 0.717) is 24.4 Å². The van der Waals surface area contributed by atoms with Crippen LogP contribution in [0, 0.1) is 0 Å². The molecule has 33 heavy (non-hydrogen) atoms. The van der Waals surface area contributed by atoms with E-state index in [1.807, 2.05) is 0 Å². The summed E-state index contributed by atoms with van der Waals surface area (Å²) < 4.78 is 58.2. The Balaban J connectivity index is 1.55. The van der Waals surface area contributed by atoms with Crippen LogP contribution in [0.25, 0.3) is 0 Å². The van der Waals surface area contributed by atoms with Crippen LogP contribution in [0.3, 0.4) is 0 Å². The van der Waals surface area contributed by atoms with E-state index in [4.69, 9.17) is 4.74 Å². The number of sulfonamides is 2. The number of nitrogens with one attached hydrogen (secondary N) is 1. The fourth-order valence-corrected chi connectivity index (χ4v) is 6.15. The van der Waals surface area contributed by atoms with Crippen LogP contribution in [0.4, 0.5) is 0 Å². The standard InChI is InChI=1S/C22H29N3O6S2/c1-24(32(27,28)20-12-8-19(31-2)9-13-20)17-22(26)23-16-18-6-10-21(11-7-18)33(29,30)25-14-4-3-5-15-25/h6-13H,3-5,14-17H2,1-2H3,(H,23,26). The third-order valence-corrected chi connectivity index (χ3v) is 9.23. The largest absolute Gasteiger partial charge is 0.497 e. The van der Waals surface area contributed by atoms with Crippen molar-refractivity contribution in [2.24, 2.45) is 0 Å². The summed E-state index contributed by atoms with van der Waals surface area (Å²) in [6, 6.07) is 12.3. The van der Waals surface area contributed by atoms with Crippen LogP contribution in [-0.2, 0) is 31.4 Å². The predicted octanol–water partition coefficient (Wildman–Crippen LogP) is 1.81. The molecular formula is C22H29N3O6S2. The van der Waals surface area contributed by atoms with Crippen molar-refractivity contribution in [1.29, 1.82) is 0 Å². The summed E-state index contributed by atoms with van der Waals surface area (Å²) in [7, 11) is -4.52. The zero-order valence-corrected chi connectivity index (χ0v) is 20.4. The lowest BCUT2D eigenvalue weighted by Crippen LogP contribution is -2.38. The van der Waals surface area contributed by atoms with Crippen LogP contribution in [0.15, 0.2) is 58.3 Å². The molecule has 1 heterocycles. The van der Waals surface area contributed by atoms with Gasteiger partial charge in [0.1, 0.15) is 5.75 Å². The van der Waals surface area contributed by atoms with Crippen molar-refractivity contribution in [2.45, 2.75) is 35.6 Å². The van der Waals surface area contributed by atoms with E-state index in [-0.39, 0.29) is 22.9 Å². The van der Waals surface area contributed by atoms with Gasteiger partial charge in [-0.1, -0.05) is 18.6 Å². The maximum atomic E-state index is 12.7. The average molecular weight is 496 g/mol. The molecule has 1 N–H and O–H groups in total. The Morgan fingerprint density at radius 2 is 1.52 bits per heavy atom. The first kappa shape index (κ1) is 25.2. The van der Waals surface area contributed by atoms with Crippen LogP contribution in [0.5, 0.6) is 5.75 Å². The Morgan fingerprint density at radius 1 is 0.939 bits per heavy atom. The van der Waals surface area contributed by atoms with Gasteiger partial charge in [-0.15, -0.1) is 0 Å². The molecule has 1 amide bonds. The SMILES string of the molecule is COc1ccc(S(=O)(=O)N(C)CC(=O)NCc2ccc(S(=O)(=O)N3CCCCC3)cc2)cc1. The molecule has 0 saturated carbocycles. The van der Waals surface area contributed by atoms with Crippen molar-refractivity contribution in [1.82, 2.24) is 13.9 Å². The fourth-order valence-electron chi connectivity index (χ4n) is 3.50. The molecule has 0 aliphatic carbocycles. The predicted molar refractivity (Wildman–Crippen MR) is 124 cm³/mol. The van der Waals surface area contributed by atoms with E-state index in [1.54, 1.807) is 12.1 Å². The fraction of sp³-hybridized carbons (Fsp3) is 0.409. The third kappa shape index (κ3) is 6.11. The number of hydrogen-bond donors (Lipinski definition) is 1. The summed E-state index contributed by atoms with van der Waals surface area (Å²) in [5.74, 6) is 0.0590. The van der Waals surface area contributed by atoms with Crippen LogP contribution < -0.4 is 10.1 Å². The van der Waals surface area contributed by atoms with Gasteiger partial charge in [0.15, 0.2) is 0 Å². The first-order valence-corrected chi connectivity index (χ1v) is 13.5. The van der Waals surface area contributed by atoms with Crippen molar-refractivity contribution in [3.8, 4) is 5.75 Å². The molecule has 0 radical (unpaired) electrons. The molecule has 0 spiro atoms. The van der Waals surface area contributed by atoms with Crippen LogP contribution in [0.2, 0.25) is 0 Å². The van der Waals surface area contributed by atoms with E-state index >= 15 is 0 Å². The quantitative estimate of drug-likeness (QED) is 0.568. The zero-order valence-electron chi connectivity index (χ0n) is 18.7. The highest BCUT2D eigenvalue weighted by atomic mass is 32.2. The minimum absolute atomic E-state index is 0.0594. The molecule has 1 aliphatic rings. The molecule has 0 bridgehead atoms. The topological polar surface area (TPSA) is 113 Å². The number of likely N-dealkylation sites (N-methyl/N-ethyl adjacent to an activating group) is 1. The minimum atomic E-state index is -3.83. The number of hydrogen-bond acceptors (Lipinski definition) is 6. The number of carbonyl (C=O) groups excluding carboxylic acids is 1. The Labute approximate surface area is 195 Å². The summed E-state index contributed by atoms with van der Waals surface area (Å²) in [4.78, 5) is 12.6. The van der Waals surface area contributed by atoms with Crippen molar-refractivity contribution in [3.05, 3.63) is 54.1 Å². The number of methoxy groups -OCH3 is 1. The number of carbonyl (C=O) groups is 1. The molecule has 0 aromatic heterocycles. The molecule has 1 saturated heterocycles. The molecule has 0 unspecified atom stereocenters. The molecule has 3 rings (SSSR count). The van der Waals surface area contributed by atoms with Crippen molar-refractivity contribution < 1.29 is 26.4 Å². The summed E-state index contributed by atoms with van der Waals surface area (Å²) in [6.45, 7) is 0.870. The highest BCUT2D eigenvalue weighted by molar-refractivity contribution is 7.89. The Hall–Kier alpha value is -2.47. The van der Waals surface area contributed by atoms with Crippen molar-refractivity contribution >= 4 is 26.0 Å². The number of rotatable bonds is 9. The van der Waals surface area contributed by atoms with E-state index < -0.39 is 26.0 Å². The molecule has 2 aromatic carbocycles. The molecule has 1 aliphatic heterocycles. The highest BCUT2D eigenvalue weighted by Gasteiger charge is 2.26. The van der Waals surface area contributed by atoms with Crippen molar-refractivity contribution in [2.75, 3.05) is 33.8 Å². The van der Waals surface area contributed by atoms with Crippen LogP contribution >= 0.6 is 0 Å². The van der Waals surface area contributed by atoms with Gasteiger partial charge in [-0.3, -0.25) is 4.79 Å².